The predicted molar refractivity (Wildman–Crippen MR) is 62.9 cm³/mol. The molecule has 1 rings (SSSR count). The van der Waals surface area contributed by atoms with Crippen LogP contribution in [0.3, 0.4) is 0 Å². The number of hydrogen-bond acceptors (Lipinski definition) is 2. The van der Waals surface area contributed by atoms with Crippen molar-refractivity contribution >= 4 is 11.6 Å². The minimum absolute atomic E-state index is 0.0499. The predicted octanol–water partition coefficient (Wildman–Crippen LogP) is 1.70. The van der Waals surface area contributed by atoms with Crippen molar-refractivity contribution in [3.63, 3.8) is 0 Å². The summed E-state index contributed by atoms with van der Waals surface area (Å²) in [6, 6.07) is 7.77. The van der Waals surface area contributed by atoms with E-state index in [1.807, 2.05) is 38.1 Å². The molecule has 0 aromatic heterocycles. The van der Waals surface area contributed by atoms with E-state index in [1.54, 1.807) is 11.9 Å². The van der Waals surface area contributed by atoms with E-state index in [9.17, 15) is 4.79 Å². The van der Waals surface area contributed by atoms with E-state index < -0.39 is 0 Å². The average molecular weight is 206 g/mol. The zero-order valence-electron chi connectivity index (χ0n) is 9.53. The number of nitrogens with two attached hydrogens (primary N) is 1. The summed E-state index contributed by atoms with van der Waals surface area (Å²) in [5.74, 6) is 0.0499. The van der Waals surface area contributed by atoms with Crippen molar-refractivity contribution in [3.05, 3.63) is 29.8 Å². The average Bonchev–Trinajstić information content (AvgIpc) is 2.17. The smallest absolute Gasteiger partial charge is 0.228 e. The van der Waals surface area contributed by atoms with E-state index >= 15 is 0 Å². The minimum atomic E-state index is -0.0922. The second-order valence-electron chi connectivity index (χ2n) is 3.97. The number of aryl methyl sites for hydroxylation is 1. The zero-order chi connectivity index (χ0) is 11.4. The fraction of sp³-hybridized carbons (Fsp3) is 0.417. The van der Waals surface area contributed by atoms with Gasteiger partial charge in [-0.05, 0) is 26.0 Å². The van der Waals surface area contributed by atoms with Gasteiger partial charge >= 0.3 is 0 Å². The Hall–Kier alpha value is -1.35. The SMILES string of the molecule is Cc1ccc(N(C)C(=O)CC(C)N)cc1. The van der Waals surface area contributed by atoms with Gasteiger partial charge in [0.05, 0.1) is 0 Å². The molecule has 0 fully saturated rings. The Balaban J connectivity index is 2.71. The van der Waals surface area contributed by atoms with Crippen LogP contribution in [-0.2, 0) is 4.79 Å². The second-order valence-corrected chi connectivity index (χ2v) is 3.97. The summed E-state index contributed by atoms with van der Waals surface area (Å²) in [6.07, 6.45) is 0.379. The Labute approximate surface area is 90.9 Å². The number of nitrogens with zero attached hydrogens (tertiary/aromatic N) is 1. The maximum atomic E-state index is 11.7. The van der Waals surface area contributed by atoms with Gasteiger partial charge in [0.1, 0.15) is 0 Å². The van der Waals surface area contributed by atoms with E-state index in [-0.39, 0.29) is 11.9 Å². The molecule has 1 aromatic carbocycles. The molecule has 3 heteroatoms. The van der Waals surface area contributed by atoms with E-state index in [4.69, 9.17) is 5.73 Å². The van der Waals surface area contributed by atoms with Crippen molar-refractivity contribution in [1.82, 2.24) is 0 Å². The van der Waals surface area contributed by atoms with Gasteiger partial charge < -0.3 is 10.6 Å². The third-order valence-electron chi connectivity index (χ3n) is 2.29. The number of hydrogen-bond donors (Lipinski definition) is 1. The molecule has 15 heavy (non-hydrogen) atoms. The van der Waals surface area contributed by atoms with Gasteiger partial charge in [0, 0.05) is 25.2 Å². The third kappa shape index (κ3) is 3.36. The van der Waals surface area contributed by atoms with Crippen LogP contribution >= 0.6 is 0 Å². The summed E-state index contributed by atoms with van der Waals surface area (Å²) in [5, 5.41) is 0. The first-order valence-corrected chi connectivity index (χ1v) is 5.09. The molecule has 0 aliphatic carbocycles. The number of rotatable bonds is 3. The standard InChI is InChI=1S/C12H18N2O/c1-9-4-6-11(7-5-9)14(3)12(15)8-10(2)13/h4-7,10H,8,13H2,1-3H3. The number of anilines is 1. The summed E-state index contributed by atoms with van der Waals surface area (Å²) >= 11 is 0. The molecule has 2 N–H and O–H groups in total. The Kier molecular flexibility index (Phi) is 3.86. The molecular formula is C12H18N2O. The Bertz CT molecular complexity index is 330. The Morgan fingerprint density at radius 2 is 1.93 bits per heavy atom. The lowest BCUT2D eigenvalue weighted by atomic mass is 10.2. The molecule has 0 saturated carbocycles. The van der Waals surface area contributed by atoms with Crippen LogP contribution in [0.1, 0.15) is 18.9 Å². The van der Waals surface area contributed by atoms with E-state index in [0.29, 0.717) is 6.42 Å². The van der Waals surface area contributed by atoms with Gasteiger partial charge in [-0.2, -0.15) is 0 Å². The van der Waals surface area contributed by atoms with Gasteiger partial charge in [0.15, 0.2) is 0 Å². The van der Waals surface area contributed by atoms with Crippen LogP contribution in [0.15, 0.2) is 24.3 Å². The highest BCUT2D eigenvalue weighted by Crippen LogP contribution is 2.14. The van der Waals surface area contributed by atoms with Crippen molar-refractivity contribution in [2.75, 3.05) is 11.9 Å². The van der Waals surface area contributed by atoms with Gasteiger partial charge in [-0.15, -0.1) is 0 Å². The lowest BCUT2D eigenvalue weighted by Gasteiger charge is -2.18. The van der Waals surface area contributed by atoms with Gasteiger partial charge in [0.25, 0.3) is 0 Å². The molecule has 0 heterocycles. The molecule has 0 spiro atoms. The molecule has 1 unspecified atom stereocenters. The van der Waals surface area contributed by atoms with Crippen LogP contribution in [0.5, 0.6) is 0 Å². The van der Waals surface area contributed by atoms with Crippen LogP contribution in [0.25, 0.3) is 0 Å². The molecule has 1 atom stereocenters. The van der Waals surface area contributed by atoms with Gasteiger partial charge in [0.2, 0.25) is 5.91 Å². The summed E-state index contributed by atoms with van der Waals surface area (Å²) < 4.78 is 0. The number of amides is 1. The minimum Gasteiger partial charge on any atom is -0.327 e. The highest BCUT2D eigenvalue weighted by Gasteiger charge is 2.11. The molecule has 82 valence electrons. The van der Waals surface area contributed by atoms with Crippen molar-refractivity contribution < 1.29 is 4.79 Å². The highest BCUT2D eigenvalue weighted by atomic mass is 16.2. The van der Waals surface area contributed by atoms with E-state index in [1.165, 1.54) is 5.56 Å². The normalized spacial score (nSPS) is 12.3. The van der Waals surface area contributed by atoms with Crippen LogP contribution in [0.4, 0.5) is 5.69 Å². The molecule has 0 saturated heterocycles. The summed E-state index contributed by atoms with van der Waals surface area (Å²) in [7, 11) is 1.77. The Morgan fingerprint density at radius 1 is 1.40 bits per heavy atom. The summed E-state index contributed by atoms with van der Waals surface area (Å²) in [5.41, 5.74) is 7.68. The van der Waals surface area contributed by atoms with Crippen molar-refractivity contribution in [3.8, 4) is 0 Å². The third-order valence-corrected chi connectivity index (χ3v) is 2.29. The van der Waals surface area contributed by atoms with Crippen molar-refractivity contribution in [2.45, 2.75) is 26.3 Å². The summed E-state index contributed by atoms with van der Waals surface area (Å²) in [4.78, 5) is 13.3. The monoisotopic (exact) mass is 206 g/mol. The number of carbonyl (C=O) groups is 1. The van der Waals surface area contributed by atoms with Crippen LogP contribution in [-0.4, -0.2) is 19.0 Å². The van der Waals surface area contributed by atoms with Gasteiger partial charge in [-0.1, -0.05) is 17.7 Å². The maximum Gasteiger partial charge on any atom is 0.228 e. The second kappa shape index (κ2) is 4.94. The van der Waals surface area contributed by atoms with E-state index in [0.717, 1.165) is 5.69 Å². The molecule has 0 aliphatic rings. The molecule has 1 amide bonds. The number of benzene rings is 1. The molecule has 0 bridgehead atoms. The molecule has 0 aliphatic heterocycles. The van der Waals surface area contributed by atoms with Crippen LogP contribution in [0, 0.1) is 6.92 Å². The van der Waals surface area contributed by atoms with Crippen LogP contribution in [0.2, 0.25) is 0 Å². The topological polar surface area (TPSA) is 46.3 Å². The van der Waals surface area contributed by atoms with Gasteiger partial charge in [-0.25, -0.2) is 0 Å². The molecule has 1 aromatic rings. The first-order valence-electron chi connectivity index (χ1n) is 5.09. The van der Waals surface area contributed by atoms with Crippen LogP contribution < -0.4 is 10.6 Å². The highest BCUT2D eigenvalue weighted by molar-refractivity contribution is 5.93. The zero-order valence-corrected chi connectivity index (χ0v) is 9.53. The molecular weight excluding hydrogens is 188 g/mol. The first-order chi connectivity index (χ1) is 7.00. The maximum absolute atomic E-state index is 11.7. The summed E-state index contributed by atoms with van der Waals surface area (Å²) in [6.45, 7) is 3.86. The fourth-order valence-electron chi connectivity index (χ4n) is 1.32. The fourth-order valence-corrected chi connectivity index (χ4v) is 1.32. The molecule has 0 radical (unpaired) electrons. The lowest BCUT2D eigenvalue weighted by molar-refractivity contribution is -0.118. The molecule has 3 nitrogen and oxygen atoms in total. The lowest BCUT2D eigenvalue weighted by Crippen LogP contribution is -2.31. The quantitative estimate of drug-likeness (QED) is 0.818. The van der Waals surface area contributed by atoms with Gasteiger partial charge in [-0.3, -0.25) is 4.79 Å². The first kappa shape index (κ1) is 11.7. The van der Waals surface area contributed by atoms with E-state index in [2.05, 4.69) is 0 Å². The largest absolute Gasteiger partial charge is 0.327 e. The Morgan fingerprint density at radius 3 is 2.40 bits per heavy atom. The number of carbonyl (C=O) groups excluding carboxylic acids is 1. The van der Waals surface area contributed by atoms with Crippen molar-refractivity contribution in [2.24, 2.45) is 5.73 Å². The van der Waals surface area contributed by atoms with Crippen molar-refractivity contribution in [1.29, 1.82) is 0 Å².